The topological polar surface area (TPSA) is 124 Å². The molecule has 12 heteroatoms. The number of nitrogens with two attached hydrogens (primary N) is 1. The largest absolute Gasteiger partial charge is 0.483 e. The predicted octanol–water partition coefficient (Wildman–Crippen LogP) is 3.13. The Morgan fingerprint density at radius 1 is 1.12 bits per heavy atom. The quantitative estimate of drug-likeness (QED) is 0.467. The number of carbonyl (C=O) groups is 3. The van der Waals surface area contributed by atoms with Gasteiger partial charge in [0.1, 0.15) is 23.8 Å². The molecule has 2 amide bonds. The van der Waals surface area contributed by atoms with Crippen molar-refractivity contribution >= 4 is 17.6 Å². The number of hydroxylamine groups is 2. The summed E-state index contributed by atoms with van der Waals surface area (Å²) in [5.41, 5.74) is 3.59. The average Bonchev–Trinajstić information content (AvgIpc) is 3.13. The van der Waals surface area contributed by atoms with Crippen molar-refractivity contribution in [1.29, 1.82) is 0 Å². The minimum absolute atomic E-state index is 0.0450. The van der Waals surface area contributed by atoms with E-state index in [9.17, 15) is 28.0 Å². The first-order valence-corrected chi connectivity index (χ1v) is 14.0. The first-order chi connectivity index (χ1) is 20.5. The predicted molar refractivity (Wildman–Crippen MR) is 149 cm³/mol. The van der Waals surface area contributed by atoms with E-state index >= 15 is 0 Å². The van der Waals surface area contributed by atoms with E-state index in [1.165, 1.54) is 21.9 Å². The van der Waals surface area contributed by atoms with Crippen LogP contribution in [-0.4, -0.2) is 56.4 Å². The Hall–Kier alpha value is -4.42. The molecule has 2 N–H and O–H groups in total. The van der Waals surface area contributed by atoms with Gasteiger partial charge in [0.25, 0.3) is 11.8 Å². The van der Waals surface area contributed by atoms with Crippen LogP contribution < -0.4 is 15.9 Å². The van der Waals surface area contributed by atoms with E-state index in [-0.39, 0.29) is 54.9 Å². The number of ether oxygens (including phenoxy) is 1. The molecule has 1 spiro atoms. The second kappa shape index (κ2) is 10.7. The molecule has 0 saturated carbocycles. The molecule has 0 aliphatic carbocycles. The average molecular weight is 593 g/mol. The van der Waals surface area contributed by atoms with Crippen molar-refractivity contribution in [2.75, 3.05) is 6.54 Å². The summed E-state index contributed by atoms with van der Waals surface area (Å²) in [6, 6.07) is 10.2. The molecule has 2 saturated heterocycles. The van der Waals surface area contributed by atoms with E-state index in [0.29, 0.717) is 6.42 Å². The molecular weight excluding hydrogens is 562 g/mol. The van der Waals surface area contributed by atoms with Crippen LogP contribution in [0.15, 0.2) is 59.5 Å². The number of nitrogens with zero attached hydrogens (tertiary/aromatic N) is 3. The maximum atomic E-state index is 14.6. The van der Waals surface area contributed by atoms with Crippen LogP contribution in [-0.2, 0) is 22.8 Å². The highest BCUT2D eigenvalue weighted by molar-refractivity contribution is 6.00. The van der Waals surface area contributed by atoms with Crippen molar-refractivity contribution in [3.63, 3.8) is 0 Å². The van der Waals surface area contributed by atoms with Crippen LogP contribution in [0.25, 0.3) is 0 Å². The lowest BCUT2D eigenvalue weighted by Crippen LogP contribution is -2.55. The third-order valence-corrected chi connectivity index (χ3v) is 8.71. The van der Waals surface area contributed by atoms with Gasteiger partial charge in [0, 0.05) is 30.4 Å². The van der Waals surface area contributed by atoms with Gasteiger partial charge >= 0.3 is 0 Å². The van der Waals surface area contributed by atoms with Gasteiger partial charge in [-0.2, -0.15) is 5.06 Å². The van der Waals surface area contributed by atoms with Gasteiger partial charge in [-0.1, -0.05) is 36.4 Å². The number of hydrogen-bond acceptors (Lipinski definition) is 7. The number of benzene rings is 2. The van der Waals surface area contributed by atoms with Gasteiger partial charge in [-0.3, -0.25) is 24.0 Å². The maximum absolute atomic E-state index is 14.6. The standard InChI is InChI=1S/C31H30F2N4O6/c1-17-10-11-31(28(39)18(2)37(43-31)13-20-8-9-21(32)12-23(20)33)24-15-35(17)30(41)25-27(42-16-19-6-4-3-5-7-19)26(38)22(29(34)40)14-36(24)25/h3-9,12,14,17-18,24H,10-11,13,15-16H2,1-2H3,(H2,34,40)/t17-,18?,24+,31-/m0/s1. The summed E-state index contributed by atoms with van der Waals surface area (Å²) in [6.45, 7) is 3.32. The molecule has 2 aromatic carbocycles. The van der Waals surface area contributed by atoms with E-state index in [1.54, 1.807) is 36.1 Å². The normalized spacial score (nSPS) is 25.1. The van der Waals surface area contributed by atoms with Gasteiger partial charge in [0.15, 0.2) is 22.8 Å². The highest BCUT2D eigenvalue weighted by atomic mass is 19.1. The lowest BCUT2D eigenvalue weighted by molar-refractivity contribution is -0.224. The minimum atomic E-state index is -1.53. The Kier molecular flexibility index (Phi) is 7.13. The van der Waals surface area contributed by atoms with Crippen LogP contribution in [0.5, 0.6) is 5.75 Å². The Bertz CT molecular complexity index is 1700. The molecule has 3 aliphatic rings. The fourth-order valence-corrected chi connectivity index (χ4v) is 6.29. The number of halogens is 2. The van der Waals surface area contributed by atoms with Gasteiger partial charge in [-0.05, 0) is 38.3 Å². The Labute approximate surface area is 245 Å². The van der Waals surface area contributed by atoms with Crippen LogP contribution in [0.1, 0.15) is 64.7 Å². The molecule has 3 aromatic rings. The molecule has 0 radical (unpaired) electrons. The number of carbonyl (C=O) groups excluding carboxylic acids is 3. The second-order valence-electron chi connectivity index (χ2n) is 11.3. The van der Waals surface area contributed by atoms with E-state index < -0.39 is 52.1 Å². The number of primary amides is 1. The summed E-state index contributed by atoms with van der Waals surface area (Å²) in [5.74, 6) is -3.65. The molecule has 2 bridgehead atoms. The van der Waals surface area contributed by atoms with E-state index in [4.69, 9.17) is 15.3 Å². The minimum Gasteiger partial charge on any atom is -0.483 e. The van der Waals surface area contributed by atoms with Crippen molar-refractivity contribution in [2.24, 2.45) is 5.73 Å². The van der Waals surface area contributed by atoms with E-state index in [0.717, 1.165) is 17.7 Å². The number of rotatable bonds is 6. The summed E-state index contributed by atoms with van der Waals surface area (Å²) in [4.78, 5) is 62.0. The van der Waals surface area contributed by atoms with Gasteiger partial charge in [0.2, 0.25) is 5.43 Å². The zero-order valence-electron chi connectivity index (χ0n) is 23.6. The van der Waals surface area contributed by atoms with Crippen LogP contribution in [0.3, 0.4) is 0 Å². The third-order valence-electron chi connectivity index (χ3n) is 8.71. The van der Waals surface area contributed by atoms with Crippen molar-refractivity contribution in [2.45, 2.75) is 63.6 Å². The van der Waals surface area contributed by atoms with Crippen LogP contribution in [0.2, 0.25) is 0 Å². The summed E-state index contributed by atoms with van der Waals surface area (Å²) in [6.07, 6.45) is 1.80. The fraction of sp³-hybridized carbons (Fsp3) is 0.355. The van der Waals surface area contributed by atoms with Crippen LogP contribution in [0.4, 0.5) is 8.78 Å². The molecule has 10 nitrogen and oxygen atoms in total. The highest BCUT2D eigenvalue weighted by Gasteiger charge is 2.61. The summed E-state index contributed by atoms with van der Waals surface area (Å²) in [7, 11) is 0. The Balaban J connectivity index is 1.47. The molecule has 1 aromatic heterocycles. The third kappa shape index (κ3) is 4.70. The zero-order valence-corrected chi connectivity index (χ0v) is 23.6. The fourth-order valence-electron chi connectivity index (χ4n) is 6.29. The Morgan fingerprint density at radius 3 is 2.56 bits per heavy atom. The van der Waals surface area contributed by atoms with Crippen LogP contribution in [0, 0.1) is 11.6 Å². The highest BCUT2D eigenvalue weighted by Crippen LogP contribution is 2.47. The molecule has 1 unspecified atom stereocenters. The molecule has 3 aliphatic heterocycles. The molecule has 4 heterocycles. The lowest BCUT2D eigenvalue weighted by atomic mass is 9.82. The van der Waals surface area contributed by atoms with Gasteiger partial charge in [0.05, 0.1) is 18.6 Å². The molecule has 224 valence electrons. The maximum Gasteiger partial charge on any atom is 0.274 e. The second-order valence-corrected chi connectivity index (χ2v) is 11.3. The number of fused-ring (bicyclic) bond motifs is 5. The van der Waals surface area contributed by atoms with E-state index in [2.05, 4.69) is 0 Å². The van der Waals surface area contributed by atoms with Crippen molar-refractivity contribution in [1.82, 2.24) is 14.5 Å². The first-order valence-electron chi connectivity index (χ1n) is 14.0. The molecule has 6 rings (SSSR count). The smallest absolute Gasteiger partial charge is 0.274 e. The first kappa shape index (κ1) is 28.7. The lowest BCUT2D eigenvalue weighted by Gasteiger charge is -2.42. The summed E-state index contributed by atoms with van der Waals surface area (Å²) in [5, 5.41) is 1.36. The number of Topliss-reactive ketones (excluding diaryl/α,β-unsaturated/α-hetero) is 1. The summed E-state index contributed by atoms with van der Waals surface area (Å²) < 4.78 is 35.5. The molecular formula is C31H30F2N4O6. The van der Waals surface area contributed by atoms with E-state index in [1.807, 2.05) is 13.0 Å². The Morgan fingerprint density at radius 2 is 1.86 bits per heavy atom. The molecule has 4 atom stereocenters. The SMILES string of the molecule is CC1C(=O)[C@@]2(CC[C@H](C)N3C[C@H]2n2cc(C(N)=O)c(=O)c(OCc4ccccc4)c2C3=O)ON1Cc1ccc(F)cc1F. The van der Waals surface area contributed by atoms with Crippen LogP contribution >= 0.6 is 0 Å². The number of amides is 2. The number of pyridine rings is 1. The van der Waals surface area contributed by atoms with Gasteiger partial charge < -0.3 is 19.9 Å². The van der Waals surface area contributed by atoms with Crippen molar-refractivity contribution in [3.05, 3.63) is 99.0 Å². The summed E-state index contributed by atoms with van der Waals surface area (Å²) >= 11 is 0. The zero-order chi connectivity index (χ0) is 30.6. The van der Waals surface area contributed by atoms with Gasteiger partial charge in [-0.25, -0.2) is 8.78 Å². The number of ketones is 1. The number of aromatic nitrogens is 1. The number of hydrogen-bond donors (Lipinski definition) is 1. The van der Waals surface area contributed by atoms with Crippen molar-refractivity contribution in [3.8, 4) is 5.75 Å². The molecule has 2 fully saturated rings. The van der Waals surface area contributed by atoms with Gasteiger partial charge in [-0.15, -0.1) is 0 Å². The monoisotopic (exact) mass is 592 g/mol. The van der Waals surface area contributed by atoms with Crippen molar-refractivity contribution < 1.29 is 32.7 Å². The molecule has 43 heavy (non-hydrogen) atoms.